The third-order valence-corrected chi connectivity index (χ3v) is 2.90. The van der Waals surface area contributed by atoms with Gasteiger partial charge in [0.15, 0.2) is 6.61 Å². The summed E-state index contributed by atoms with van der Waals surface area (Å²) in [5.41, 5.74) is 0.518. The summed E-state index contributed by atoms with van der Waals surface area (Å²) >= 11 is 0. The summed E-state index contributed by atoms with van der Waals surface area (Å²) in [7, 11) is 0. The molecule has 1 rings (SSSR count). The molecule has 0 unspecified atom stereocenters. The van der Waals surface area contributed by atoms with Gasteiger partial charge in [0.1, 0.15) is 5.75 Å². The molecule has 0 aliphatic carbocycles. The first-order valence-electron chi connectivity index (χ1n) is 7.53. The highest BCUT2D eigenvalue weighted by molar-refractivity contribution is 5.94. The summed E-state index contributed by atoms with van der Waals surface area (Å²) in [5.74, 6) is 0.0618. The number of carboxylic acid groups (broad SMARTS) is 1. The van der Waals surface area contributed by atoms with Crippen molar-refractivity contribution in [2.45, 2.75) is 27.7 Å². The number of nitrogens with zero attached hydrogens (tertiary/aromatic N) is 1. The van der Waals surface area contributed by atoms with Crippen molar-refractivity contribution >= 4 is 11.9 Å². The minimum absolute atomic E-state index is 0.0526. The van der Waals surface area contributed by atoms with E-state index in [-0.39, 0.29) is 5.91 Å². The molecular formula is C17H25NO4. The highest BCUT2D eigenvalue weighted by Crippen LogP contribution is 2.16. The molecule has 0 fully saturated rings. The maximum atomic E-state index is 12.7. The van der Waals surface area contributed by atoms with E-state index in [4.69, 9.17) is 9.84 Å². The second kappa shape index (κ2) is 8.41. The summed E-state index contributed by atoms with van der Waals surface area (Å²) in [6.45, 7) is 9.27. The first-order valence-corrected chi connectivity index (χ1v) is 7.53. The Hall–Kier alpha value is -2.04. The number of hydrogen-bond acceptors (Lipinski definition) is 3. The molecule has 1 N–H and O–H groups in total. The van der Waals surface area contributed by atoms with Crippen LogP contribution in [-0.2, 0) is 4.79 Å². The number of hydrogen-bond donors (Lipinski definition) is 1. The number of carboxylic acids is 1. The molecule has 0 spiro atoms. The highest BCUT2D eigenvalue weighted by Gasteiger charge is 2.18. The van der Waals surface area contributed by atoms with Gasteiger partial charge < -0.3 is 14.7 Å². The normalized spacial score (nSPS) is 10.8. The predicted molar refractivity (Wildman–Crippen MR) is 85.2 cm³/mol. The Morgan fingerprint density at radius 3 is 2.23 bits per heavy atom. The molecule has 22 heavy (non-hydrogen) atoms. The maximum absolute atomic E-state index is 12.7. The molecule has 0 saturated heterocycles. The zero-order chi connectivity index (χ0) is 16.7. The molecule has 122 valence electrons. The van der Waals surface area contributed by atoms with Crippen molar-refractivity contribution in [3.8, 4) is 5.75 Å². The van der Waals surface area contributed by atoms with Gasteiger partial charge in [-0.05, 0) is 30.0 Å². The molecule has 0 radical (unpaired) electrons. The van der Waals surface area contributed by atoms with Crippen molar-refractivity contribution in [3.05, 3.63) is 29.8 Å². The quantitative estimate of drug-likeness (QED) is 0.802. The molecule has 0 atom stereocenters. The second-order valence-corrected chi connectivity index (χ2v) is 6.21. The lowest BCUT2D eigenvalue weighted by molar-refractivity contribution is -0.139. The van der Waals surface area contributed by atoms with Crippen LogP contribution in [0.25, 0.3) is 0 Å². The average molecular weight is 307 g/mol. The van der Waals surface area contributed by atoms with Crippen LogP contribution >= 0.6 is 0 Å². The molecule has 0 aromatic heterocycles. The smallest absolute Gasteiger partial charge is 0.341 e. The van der Waals surface area contributed by atoms with Crippen molar-refractivity contribution in [1.82, 2.24) is 4.90 Å². The van der Waals surface area contributed by atoms with E-state index in [0.717, 1.165) is 0 Å². The first kappa shape index (κ1) is 18.0. The van der Waals surface area contributed by atoms with Crippen molar-refractivity contribution in [2.75, 3.05) is 19.7 Å². The largest absolute Gasteiger partial charge is 0.482 e. The summed E-state index contributed by atoms with van der Waals surface area (Å²) in [6.07, 6.45) is 0. The first-order chi connectivity index (χ1) is 10.3. The van der Waals surface area contributed by atoms with E-state index >= 15 is 0 Å². The number of aliphatic carboxylic acids is 1. The molecule has 0 aliphatic heterocycles. The maximum Gasteiger partial charge on any atom is 0.341 e. The van der Waals surface area contributed by atoms with Crippen LogP contribution in [0.5, 0.6) is 5.75 Å². The molecule has 1 aromatic rings. The van der Waals surface area contributed by atoms with E-state index in [1.54, 1.807) is 24.3 Å². The fourth-order valence-corrected chi connectivity index (χ4v) is 2.17. The number of ether oxygens (including phenoxy) is 1. The number of benzene rings is 1. The van der Waals surface area contributed by atoms with Gasteiger partial charge >= 0.3 is 5.97 Å². The number of carbonyl (C=O) groups excluding carboxylic acids is 1. The topological polar surface area (TPSA) is 66.8 Å². The SMILES string of the molecule is CC(C)CN(CC(C)C)C(=O)c1cccc(OCC(=O)O)c1. The Kier molecular flexibility index (Phi) is 6.89. The molecule has 1 amide bonds. The fraction of sp³-hybridized carbons (Fsp3) is 0.529. The highest BCUT2D eigenvalue weighted by atomic mass is 16.5. The number of carbonyl (C=O) groups is 2. The van der Waals surface area contributed by atoms with Crippen molar-refractivity contribution in [3.63, 3.8) is 0 Å². The van der Waals surface area contributed by atoms with Crippen LogP contribution in [0.1, 0.15) is 38.1 Å². The van der Waals surface area contributed by atoms with E-state index in [2.05, 4.69) is 27.7 Å². The van der Waals surface area contributed by atoms with Crippen LogP contribution in [0.15, 0.2) is 24.3 Å². The Bertz CT molecular complexity index is 501. The van der Waals surface area contributed by atoms with E-state index < -0.39 is 12.6 Å². The van der Waals surface area contributed by atoms with Gasteiger partial charge in [-0.1, -0.05) is 33.8 Å². The Balaban J connectivity index is 2.88. The molecular weight excluding hydrogens is 282 g/mol. The fourth-order valence-electron chi connectivity index (χ4n) is 2.17. The van der Waals surface area contributed by atoms with Gasteiger partial charge in [0, 0.05) is 18.7 Å². The zero-order valence-electron chi connectivity index (χ0n) is 13.7. The van der Waals surface area contributed by atoms with Crippen molar-refractivity contribution < 1.29 is 19.4 Å². The average Bonchev–Trinajstić information content (AvgIpc) is 2.43. The standard InChI is InChI=1S/C17H25NO4/c1-12(2)9-18(10-13(3)4)17(21)14-6-5-7-15(8-14)22-11-16(19)20/h5-8,12-13H,9-11H2,1-4H3,(H,19,20). The van der Waals surface area contributed by atoms with E-state index in [0.29, 0.717) is 36.2 Å². The van der Waals surface area contributed by atoms with Gasteiger partial charge in [-0.25, -0.2) is 4.79 Å². The Morgan fingerprint density at radius 2 is 1.73 bits per heavy atom. The van der Waals surface area contributed by atoms with E-state index in [1.807, 2.05) is 4.90 Å². The lowest BCUT2D eigenvalue weighted by Gasteiger charge is -2.26. The summed E-state index contributed by atoms with van der Waals surface area (Å²) in [5, 5.41) is 8.64. The van der Waals surface area contributed by atoms with Crippen LogP contribution in [0, 0.1) is 11.8 Å². The van der Waals surface area contributed by atoms with Crippen LogP contribution in [0.2, 0.25) is 0 Å². The minimum atomic E-state index is -1.04. The molecule has 5 heteroatoms. The third-order valence-electron chi connectivity index (χ3n) is 2.90. The van der Waals surface area contributed by atoms with Gasteiger partial charge in [-0.3, -0.25) is 4.79 Å². The molecule has 5 nitrogen and oxygen atoms in total. The monoisotopic (exact) mass is 307 g/mol. The van der Waals surface area contributed by atoms with Crippen LogP contribution in [0.3, 0.4) is 0 Å². The molecule has 0 saturated carbocycles. The van der Waals surface area contributed by atoms with Crippen LogP contribution < -0.4 is 4.74 Å². The van der Waals surface area contributed by atoms with Gasteiger partial charge in [-0.2, -0.15) is 0 Å². The van der Waals surface area contributed by atoms with Gasteiger partial charge in [0.25, 0.3) is 5.91 Å². The summed E-state index contributed by atoms with van der Waals surface area (Å²) < 4.78 is 5.13. The van der Waals surface area contributed by atoms with Gasteiger partial charge in [0.2, 0.25) is 0 Å². The zero-order valence-corrected chi connectivity index (χ0v) is 13.7. The lowest BCUT2D eigenvalue weighted by atomic mass is 10.1. The Morgan fingerprint density at radius 1 is 1.14 bits per heavy atom. The second-order valence-electron chi connectivity index (χ2n) is 6.21. The van der Waals surface area contributed by atoms with Crippen LogP contribution in [0.4, 0.5) is 0 Å². The molecule has 0 heterocycles. The van der Waals surface area contributed by atoms with Crippen molar-refractivity contribution in [1.29, 1.82) is 0 Å². The van der Waals surface area contributed by atoms with Gasteiger partial charge in [-0.15, -0.1) is 0 Å². The lowest BCUT2D eigenvalue weighted by Crippen LogP contribution is -2.37. The van der Waals surface area contributed by atoms with E-state index in [1.165, 1.54) is 0 Å². The number of rotatable bonds is 8. The number of amides is 1. The molecule has 0 bridgehead atoms. The van der Waals surface area contributed by atoms with Crippen molar-refractivity contribution in [2.24, 2.45) is 11.8 Å². The minimum Gasteiger partial charge on any atom is -0.482 e. The van der Waals surface area contributed by atoms with E-state index in [9.17, 15) is 9.59 Å². The predicted octanol–water partition coefficient (Wildman–Crippen LogP) is 2.90. The molecule has 1 aromatic carbocycles. The summed E-state index contributed by atoms with van der Waals surface area (Å²) in [6, 6.07) is 6.67. The van der Waals surface area contributed by atoms with Gasteiger partial charge in [0.05, 0.1) is 0 Å². The molecule has 0 aliphatic rings. The summed E-state index contributed by atoms with van der Waals surface area (Å²) in [4.78, 5) is 25.0. The van der Waals surface area contributed by atoms with Crippen LogP contribution in [-0.4, -0.2) is 41.6 Å². The third kappa shape index (κ3) is 6.16. The Labute approximate surface area is 131 Å².